The molecule has 0 aromatic heterocycles. The number of nitrogens with two attached hydrogens (primary N) is 1. The zero-order valence-electron chi connectivity index (χ0n) is 14.4. The first kappa shape index (κ1) is 21.4. The third-order valence-corrected chi connectivity index (χ3v) is 4.37. The van der Waals surface area contributed by atoms with Crippen molar-refractivity contribution in [3.05, 3.63) is 41.3 Å². The van der Waals surface area contributed by atoms with Gasteiger partial charge in [-0.05, 0) is 35.9 Å². The van der Waals surface area contributed by atoms with Crippen molar-refractivity contribution in [3.63, 3.8) is 0 Å². The van der Waals surface area contributed by atoms with Gasteiger partial charge in [-0.3, -0.25) is 0 Å². The van der Waals surface area contributed by atoms with Crippen molar-refractivity contribution < 1.29 is 37.6 Å². The van der Waals surface area contributed by atoms with Gasteiger partial charge in [-0.15, -0.1) is 0 Å². The van der Waals surface area contributed by atoms with Crippen LogP contribution in [0, 0.1) is 17.5 Å². The van der Waals surface area contributed by atoms with E-state index in [1.807, 2.05) is 0 Å². The maximum atomic E-state index is 13.3. The number of benzene rings is 1. The minimum absolute atomic E-state index is 0.0733. The minimum Gasteiger partial charge on any atom is -0.397 e. The Morgan fingerprint density at radius 1 is 1.33 bits per heavy atom. The topological polar surface area (TPSA) is 97.0 Å². The Morgan fingerprint density at radius 3 is 2.59 bits per heavy atom. The fourth-order valence-corrected chi connectivity index (χ4v) is 2.94. The van der Waals surface area contributed by atoms with E-state index in [0.29, 0.717) is 19.3 Å². The van der Waals surface area contributed by atoms with Gasteiger partial charge in [0.2, 0.25) is 0 Å². The smallest absolute Gasteiger partial charge is 0.194 e. The van der Waals surface area contributed by atoms with E-state index in [2.05, 4.69) is 10.3 Å². The van der Waals surface area contributed by atoms with Gasteiger partial charge in [0.15, 0.2) is 17.5 Å². The molecule has 0 bridgehead atoms. The van der Waals surface area contributed by atoms with E-state index in [4.69, 9.17) is 10.5 Å². The van der Waals surface area contributed by atoms with Crippen molar-refractivity contribution in [1.29, 1.82) is 0 Å². The second-order valence-electron chi connectivity index (χ2n) is 6.29. The van der Waals surface area contributed by atoms with Crippen LogP contribution in [0.3, 0.4) is 0 Å². The van der Waals surface area contributed by atoms with Crippen molar-refractivity contribution in [1.82, 2.24) is 5.32 Å². The molecule has 1 saturated heterocycles. The van der Waals surface area contributed by atoms with Gasteiger partial charge in [0.25, 0.3) is 0 Å². The van der Waals surface area contributed by atoms with Crippen molar-refractivity contribution in [2.45, 2.75) is 43.6 Å². The molecule has 1 aromatic rings. The van der Waals surface area contributed by atoms with Gasteiger partial charge in [0.05, 0.1) is 31.1 Å². The number of rotatable bonds is 8. The van der Waals surface area contributed by atoms with Crippen LogP contribution in [0.15, 0.2) is 18.3 Å². The lowest BCUT2D eigenvalue weighted by molar-refractivity contribution is -0.156. The molecule has 0 aliphatic carbocycles. The van der Waals surface area contributed by atoms with E-state index >= 15 is 0 Å². The monoisotopic (exact) mass is 394 g/mol. The molecule has 0 saturated carbocycles. The molecule has 1 aliphatic heterocycles. The molecule has 10 heteroatoms. The lowest BCUT2D eigenvalue weighted by Gasteiger charge is -2.39. The number of halogens is 4. The highest BCUT2D eigenvalue weighted by Crippen LogP contribution is 2.24. The molecule has 2 rings (SSSR count). The van der Waals surface area contributed by atoms with E-state index in [9.17, 15) is 27.9 Å². The fourth-order valence-electron chi connectivity index (χ4n) is 2.94. The van der Waals surface area contributed by atoms with Gasteiger partial charge in [-0.1, -0.05) is 0 Å². The summed E-state index contributed by atoms with van der Waals surface area (Å²) in [5, 5.41) is 22.4. The summed E-state index contributed by atoms with van der Waals surface area (Å²) in [5.74, 6) is -4.34. The van der Waals surface area contributed by atoms with Crippen LogP contribution in [-0.2, 0) is 9.68 Å². The van der Waals surface area contributed by atoms with E-state index in [1.54, 1.807) is 0 Å². The molecule has 0 radical (unpaired) electrons. The third-order valence-electron chi connectivity index (χ3n) is 4.37. The quantitative estimate of drug-likeness (QED) is 0.303. The molecule has 4 atom stereocenters. The Labute approximate surface area is 153 Å². The number of hydrogen-bond donors (Lipinski definition) is 4. The molecular formula is C17H22F4N2O4. The zero-order valence-corrected chi connectivity index (χ0v) is 14.4. The first-order valence-corrected chi connectivity index (χ1v) is 8.41. The van der Waals surface area contributed by atoms with E-state index in [0.717, 1.165) is 12.1 Å². The molecule has 6 nitrogen and oxygen atoms in total. The Hall–Kier alpha value is -1.88. The molecule has 27 heavy (non-hydrogen) atoms. The molecule has 5 N–H and O–H groups in total. The zero-order chi connectivity index (χ0) is 20.0. The summed E-state index contributed by atoms with van der Waals surface area (Å²) in [6.45, 7) is -0.526. The van der Waals surface area contributed by atoms with Crippen LogP contribution < -0.4 is 11.1 Å². The van der Waals surface area contributed by atoms with Crippen LogP contribution in [-0.4, -0.2) is 47.8 Å². The standard InChI is InChI=1S/C17H22F4N2O4/c18-11-4-9(5-12(19)16(11)20)13(22)7-23-14-6-10(2-1-3-26-21)27-15(8-24)17(14)25/h4-5,7,10,14-15,17,23-25H,1-3,6,8,22H2/b13-7-. The van der Waals surface area contributed by atoms with Crippen molar-refractivity contribution >= 4 is 5.70 Å². The predicted octanol–water partition coefficient (Wildman–Crippen LogP) is 1.51. The molecule has 1 heterocycles. The Kier molecular flexibility index (Phi) is 7.84. The summed E-state index contributed by atoms with van der Waals surface area (Å²) in [4.78, 5) is 3.51. The summed E-state index contributed by atoms with van der Waals surface area (Å²) in [6.07, 6.45) is 0.0833. The Balaban J connectivity index is 2.07. The van der Waals surface area contributed by atoms with Gasteiger partial charge in [-0.25, -0.2) is 13.2 Å². The molecule has 4 unspecified atom stereocenters. The summed E-state index contributed by atoms with van der Waals surface area (Å²) in [5.41, 5.74) is 5.62. The SMILES string of the molecule is N/C(=C\NC1CC(CCCOF)OC(CO)C1O)c1cc(F)c(F)c(F)c1. The lowest BCUT2D eigenvalue weighted by atomic mass is 9.93. The number of aliphatic hydroxyl groups is 2. The van der Waals surface area contributed by atoms with E-state index in [-0.39, 0.29) is 24.0 Å². The van der Waals surface area contributed by atoms with Gasteiger partial charge in [0.1, 0.15) is 12.2 Å². The van der Waals surface area contributed by atoms with Gasteiger partial charge in [0, 0.05) is 11.8 Å². The fraction of sp³-hybridized carbons (Fsp3) is 0.529. The van der Waals surface area contributed by atoms with Crippen molar-refractivity contribution in [2.75, 3.05) is 13.2 Å². The molecular weight excluding hydrogens is 372 g/mol. The van der Waals surface area contributed by atoms with Crippen LogP contribution in [0.25, 0.3) is 5.70 Å². The lowest BCUT2D eigenvalue weighted by Crippen LogP contribution is -2.54. The maximum Gasteiger partial charge on any atom is 0.194 e. The summed E-state index contributed by atoms with van der Waals surface area (Å²) in [6, 6.07) is 0.923. The predicted molar refractivity (Wildman–Crippen MR) is 88.1 cm³/mol. The van der Waals surface area contributed by atoms with Crippen LogP contribution in [0.2, 0.25) is 0 Å². The second-order valence-corrected chi connectivity index (χ2v) is 6.29. The summed E-state index contributed by atoms with van der Waals surface area (Å²) < 4.78 is 57.0. The molecule has 1 aliphatic rings. The first-order chi connectivity index (χ1) is 12.9. The highest BCUT2D eigenvalue weighted by Gasteiger charge is 2.36. The van der Waals surface area contributed by atoms with Gasteiger partial charge in [-0.2, -0.15) is 4.94 Å². The van der Waals surface area contributed by atoms with Crippen LogP contribution in [0.4, 0.5) is 17.7 Å². The second kappa shape index (κ2) is 9.88. The van der Waals surface area contributed by atoms with E-state index < -0.39 is 42.3 Å². The molecule has 0 spiro atoms. The highest BCUT2D eigenvalue weighted by molar-refractivity contribution is 5.62. The molecule has 152 valence electrons. The van der Waals surface area contributed by atoms with Crippen LogP contribution >= 0.6 is 0 Å². The number of nitrogens with one attached hydrogen (secondary N) is 1. The first-order valence-electron chi connectivity index (χ1n) is 8.41. The average Bonchev–Trinajstić information content (AvgIpc) is 2.65. The third kappa shape index (κ3) is 5.55. The summed E-state index contributed by atoms with van der Waals surface area (Å²) in [7, 11) is 0. The maximum absolute atomic E-state index is 13.3. The van der Waals surface area contributed by atoms with Gasteiger partial charge < -0.3 is 26.0 Å². The Morgan fingerprint density at radius 2 is 2.00 bits per heavy atom. The van der Waals surface area contributed by atoms with Crippen LogP contribution in [0.5, 0.6) is 0 Å². The molecule has 1 aromatic carbocycles. The Bertz CT molecular complexity index is 639. The number of aliphatic hydroxyl groups excluding tert-OH is 2. The largest absolute Gasteiger partial charge is 0.397 e. The molecule has 1 fully saturated rings. The molecule has 0 amide bonds. The normalized spacial score (nSPS) is 26.2. The van der Waals surface area contributed by atoms with Crippen molar-refractivity contribution in [3.8, 4) is 0 Å². The number of ether oxygens (including phenoxy) is 1. The van der Waals surface area contributed by atoms with Gasteiger partial charge >= 0.3 is 0 Å². The summed E-state index contributed by atoms with van der Waals surface area (Å²) >= 11 is 0. The number of hydrogen-bond acceptors (Lipinski definition) is 6. The minimum atomic E-state index is -1.59. The highest BCUT2D eigenvalue weighted by atomic mass is 19.3. The average molecular weight is 394 g/mol. The van der Waals surface area contributed by atoms with E-state index in [1.165, 1.54) is 6.20 Å². The van der Waals surface area contributed by atoms with Crippen molar-refractivity contribution in [2.24, 2.45) is 5.73 Å². The van der Waals surface area contributed by atoms with Crippen LogP contribution in [0.1, 0.15) is 24.8 Å².